The van der Waals surface area contributed by atoms with Gasteiger partial charge in [0.15, 0.2) is 5.78 Å². The monoisotopic (exact) mass is 274 g/mol. The van der Waals surface area contributed by atoms with E-state index in [1.54, 1.807) is 12.1 Å². The largest absolute Gasteiger partial charge is 0.493 e. The smallest absolute Gasteiger partial charge is 0.161 e. The van der Waals surface area contributed by atoms with E-state index in [1.807, 2.05) is 37.3 Å². The van der Waals surface area contributed by atoms with Gasteiger partial charge in [-0.3, -0.25) is 4.79 Å². The van der Waals surface area contributed by atoms with E-state index in [0.29, 0.717) is 17.2 Å². The summed E-state index contributed by atoms with van der Waals surface area (Å²) in [6.07, 6.45) is 0. The van der Waals surface area contributed by atoms with Crippen LogP contribution in [0.5, 0.6) is 5.75 Å². The van der Waals surface area contributed by atoms with Gasteiger partial charge in [0.25, 0.3) is 0 Å². The van der Waals surface area contributed by atoms with E-state index in [2.05, 4.69) is 0 Å². The van der Waals surface area contributed by atoms with Gasteiger partial charge >= 0.3 is 0 Å². The molecule has 0 bridgehead atoms. The third-order valence-electron chi connectivity index (χ3n) is 2.85. The lowest BCUT2D eigenvalue weighted by Gasteiger charge is -2.11. The number of ketones is 1. The number of hydrogen-bond acceptors (Lipinski definition) is 2. The van der Waals surface area contributed by atoms with Gasteiger partial charge < -0.3 is 4.74 Å². The lowest BCUT2D eigenvalue weighted by atomic mass is 10.0. The number of ether oxygens (including phenoxy) is 1. The van der Waals surface area contributed by atoms with E-state index < -0.39 is 0 Å². The van der Waals surface area contributed by atoms with Crippen LogP contribution < -0.4 is 4.74 Å². The van der Waals surface area contributed by atoms with Gasteiger partial charge in [-0.1, -0.05) is 35.9 Å². The molecule has 2 rings (SSSR count). The summed E-state index contributed by atoms with van der Waals surface area (Å²) in [5, 5.41) is 0.469. The van der Waals surface area contributed by atoms with Crippen LogP contribution in [0.2, 0.25) is 5.02 Å². The highest BCUT2D eigenvalue weighted by atomic mass is 35.5. The van der Waals surface area contributed by atoms with Crippen molar-refractivity contribution < 1.29 is 9.53 Å². The highest BCUT2D eigenvalue weighted by Gasteiger charge is 2.10. The number of rotatable bonds is 4. The molecule has 0 radical (unpaired) electrons. The Morgan fingerprint density at radius 1 is 1.21 bits per heavy atom. The Balaban J connectivity index is 2.48. The molecule has 0 saturated heterocycles. The summed E-state index contributed by atoms with van der Waals surface area (Å²) in [6, 6.07) is 13.2. The second kappa shape index (κ2) is 5.89. The molecular weight excluding hydrogens is 260 g/mol. The van der Waals surface area contributed by atoms with Gasteiger partial charge in [0, 0.05) is 11.1 Å². The first-order chi connectivity index (χ1) is 9.13. The average Bonchev–Trinajstić information content (AvgIpc) is 2.39. The van der Waals surface area contributed by atoms with Crippen LogP contribution in [-0.2, 0) is 0 Å². The fourth-order valence-corrected chi connectivity index (χ4v) is 2.27. The minimum Gasteiger partial charge on any atom is -0.493 e. The van der Waals surface area contributed by atoms with Gasteiger partial charge in [-0.2, -0.15) is 0 Å². The fraction of sp³-hybridized carbons (Fsp3) is 0.188. The van der Waals surface area contributed by atoms with E-state index in [1.165, 1.54) is 6.92 Å². The highest BCUT2D eigenvalue weighted by Crippen LogP contribution is 2.32. The van der Waals surface area contributed by atoms with Gasteiger partial charge in [0.2, 0.25) is 0 Å². The van der Waals surface area contributed by atoms with Crippen molar-refractivity contribution in [2.24, 2.45) is 0 Å². The minimum atomic E-state index is -0.0327. The number of benzene rings is 2. The Hall–Kier alpha value is -1.80. The standard InChI is InChI=1S/C16H15ClO2/c1-3-19-16-7-5-4-6-14(16)12-8-9-13(11(2)18)15(17)10-12/h4-10H,3H2,1-2H3. The maximum Gasteiger partial charge on any atom is 0.161 e. The molecule has 2 aromatic rings. The molecule has 2 aromatic carbocycles. The van der Waals surface area contributed by atoms with Gasteiger partial charge in [0.1, 0.15) is 5.75 Å². The Morgan fingerprint density at radius 3 is 2.58 bits per heavy atom. The van der Waals surface area contributed by atoms with Crippen LogP contribution in [0.4, 0.5) is 0 Å². The molecule has 0 heterocycles. The summed E-state index contributed by atoms with van der Waals surface area (Å²) in [5.74, 6) is 0.784. The van der Waals surface area contributed by atoms with E-state index >= 15 is 0 Å². The Labute approximate surface area is 118 Å². The van der Waals surface area contributed by atoms with Crippen molar-refractivity contribution in [1.82, 2.24) is 0 Å². The predicted octanol–water partition coefficient (Wildman–Crippen LogP) is 4.61. The highest BCUT2D eigenvalue weighted by molar-refractivity contribution is 6.34. The molecule has 0 amide bonds. The molecule has 0 spiro atoms. The Kier molecular flexibility index (Phi) is 4.23. The normalized spacial score (nSPS) is 10.3. The molecular formula is C16H15ClO2. The van der Waals surface area contributed by atoms with Crippen molar-refractivity contribution in [3.63, 3.8) is 0 Å². The fourth-order valence-electron chi connectivity index (χ4n) is 1.95. The van der Waals surface area contributed by atoms with Crippen LogP contribution >= 0.6 is 11.6 Å². The first-order valence-corrected chi connectivity index (χ1v) is 6.54. The van der Waals surface area contributed by atoms with Crippen LogP contribution in [0.25, 0.3) is 11.1 Å². The molecule has 0 atom stereocenters. The molecule has 0 unspecified atom stereocenters. The topological polar surface area (TPSA) is 26.3 Å². The van der Waals surface area contributed by atoms with Crippen LogP contribution in [0.15, 0.2) is 42.5 Å². The average molecular weight is 275 g/mol. The van der Waals surface area contributed by atoms with Crippen LogP contribution in [-0.4, -0.2) is 12.4 Å². The van der Waals surface area contributed by atoms with Crippen LogP contribution in [0.3, 0.4) is 0 Å². The first-order valence-electron chi connectivity index (χ1n) is 6.16. The molecule has 3 heteroatoms. The van der Waals surface area contributed by atoms with Crippen LogP contribution in [0.1, 0.15) is 24.2 Å². The number of para-hydroxylation sites is 1. The third kappa shape index (κ3) is 2.96. The number of carbonyl (C=O) groups excluding carboxylic acids is 1. The zero-order valence-corrected chi connectivity index (χ0v) is 11.7. The Morgan fingerprint density at radius 2 is 1.95 bits per heavy atom. The van der Waals surface area contributed by atoms with E-state index in [0.717, 1.165) is 16.9 Å². The second-order valence-electron chi connectivity index (χ2n) is 4.18. The summed E-state index contributed by atoms with van der Waals surface area (Å²) < 4.78 is 5.60. The minimum absolute atomic E-state index is 0.0327. The van der Waals surface area contributed by atoms with Crippen molar-refractivity contribution in [3.8, 4) is 16.9 Å². The maximum atomic E-state index is 11.4. The summed E-state index contributed by atoms with van der Waals surface area (Å²) in [4.78, 5) is 11.4. The van der Waals surface area contributed by atoms with Gasteiger partial charge in [0.05, 0.1) is 11.6 Å². The molecule has 0 aliphatic carbocycles. The summed E-state index contributed by atoms with van der Waals surface area (Å²) in [5.41, 5.74) is 2.46. The van der Waals surface area contributed by atoms with E-state index in [9.17, 15) is 4.79 Å². The zero-order valence-electron chi connectivity index (χ0n) is 10.9. The molecule has 0 aromatic heterocycles. The Bertz CT molecular complexity index is 605. The molecule has 0 aliphatic rings. The van der Waals surface area contributed by atoms with Crippen molar-refractivity contribution in [2.75, 3.05) is 6.61 Å². The van der Waals surface area contributed by atoms with E-state index in [4.69, 9.17) is 16.3 Å². The van der Waals surface area contributed by atoms with Gasteiger partial charge in [-0.15, -0.1) is 0 Å². The molecule has 98 valence electrons. The summed E-state index contributed by atoms with van der Waals surface area (Å²) in [6.45, 7) is 4.06. The molecule has 0 aliphatic heterocycles. The van der Waals surface area contributed by atoms with Gasteiger partial charge in [-0.25, -0.2) is 0 Å². The lowest BCUT2D eigenvalue weighted by molar-refractivity contribution is 0.101. The zero-order chi connectivity index (χ0) is 13.8. The summed E-state index contributed by atoms with van der Waals surface area (Å²) in [7, 11) is 0. The number of Topliss-reactive ketones (excluding diaryl/α,β-unsaturated/α-hetero) is 1. The maximum absolute atomic E-state index is 11.4. The number of carbonyl (C=O) groups is 1. The summed E-state index contributed by atoms with van der Waals surface area (Å²) >= 11 is 6.14. The van der Waals surface area contributed by atoms with Crippen molar-refractivity contribution >= 4 is 17.4 Å². The van der Waals surface area contributed by atoms with Crippen molar-refractivity contribution in [3.05, 3.63) is 53.1 Å². The van der Waals surface area contributed by atoms with Crippen molar-refractivity contribution in [1.29, 1.82) is 0 Å². The van der Waals surface area contributed by atoms with E-state index in [-0.39, 0.29) is 5.78 Å². The molecule has 0 N–H and O–H groups in total. The SMILES string of the molecule is CCOc1ccccc1-c1ccc(C(C)=O)c(Cl)c1. The first kappa shape index (κ1) is 13.6. The molecule has 0 saturated carbocycles. The third-order valence-corrected chi connectivity index (χ3v) is 3.16. The van der Waals surface area contributed by atoms with Crippen LogP contribution in [0, 0.1) is 0 Å². The molecule has 2 nitrogen and oxygen atoms in total. The predicted molar refractivity (Wildman–Crippen MR) is 78.1 cm³/mol. The van der Waals surface area contributed by atoms with Gasteiger partial charge in [-0.05, 0) is 37.6 Å². The quantitative estimate of drug-likeness (QED) is 0.761. The second-order valence-corrected chi connectivity index (χ2v) is 4.59. The number of hydrogen-bond donors (Lipinski definition) is 0. The molecule has 0 fully saturated rings. The number of halogens is 1. The lowest BCUT2D eigenvalue weighted by Crippen LogP contribution is -1.96. The molecule has 19 heavy (non-hydrogen) atoms. The van der Waals surface area contributed by atoms with Crippen molar-refractivity contribution in [2.45, 2.75) is 13.8 Å².